The number of esters is 3. The second-order valence-electron chi connectivity index (χ2n) is 8.64. The highest BCUT2D eigenvalue weighted by atomic mass is 19.4. The van der Waals surface area contributed by atoms with Gasteiger partial charge in [-0.1, -0.05) is 74.6 Å². The predicted molar refractivity (Wildman–Crippen MR) is 141 cm³/mol. The van der Waals surface area contributed by atoms with Crippen molar-refractivity contribution < 1.29 is 54.9 Å². The topological polar surface area (TPSA) is 78.9 Å². The molecule has 0 aromatic carbocycles. The maximum Gasteiger partial charge on any atom is 0.490 e. The number of hydrogen-bond donors (Lipinski definition) is 0. The average Bonchev–Trinajstić information content (AvgIpc) is 2.90. The first-order valence-corrected chi connectivity index (χ1v) is 13.3. The summed E-state index contributed by atoms with van der Waals surface area (Å²) in [5.41, 5.74) is 0. The fourth-order valence-corrected chi connectivity index (χ4v) is 3.03. The van der Waals surface area contributed by atoms with Crippen molar-refractivity contribution in [3.63, 3.8) is 0 Å². The number of carbonyl (C=O) groups excluding carboxylic acids is 3. The van der Waals surface area contributed by atoms with Gasteiger partial charge in [-0.3, -0.25) is 4.79 Å². The van der Waals surface area contributed by atoms with E-state index in [9.17, 15) is 40.7 Å². The number of alkyl halides is 6. The molecule has 0 aromatic rings. The molecule has 0 bridgehead atoms. The number of halogens is 6. The Morgan fingerprint density at radius 3 is 1.51 bits per heavy atom. The third-order valence-corrected chi connectivity index (χ3v) is 5.21. The molecule has 2 atom stereocenters. The zero-order valence-corrected chi connectivity index (χ0v) is 23.2. The van der Waals surface area contributed by atoms with Crippen LogP contribution in [0.5, 0.6) is 0 Å². The van der Waals surface area contributed by atoms with Crippen LogP contribution in [0, 0.1) is 5.92 Å². The van der Waals surface area contributed by atoms with E-state index in [1.807, 2.05) is 24.3 Å². The van der Waals surface area contributed by atoms with Gasteiger partial charge in [0.15, 0.2) is 6.10 Å². The molecular formula is C29H38F6O6. The minimum absolute atomic E-state index is 0.319. The highest BCUT2D eigenvalue weighted by Gasteiger charge is 2.44. The van der Waals surface area contributed by atoms with Gasteiger partial charge in [-0.05, 0) is 51.4 Å². The Bertz CT molecular complexity index is 916. The predicted octanol–water partition coefficient (Wildman–Crippen LogP) is 7.67. The van der Waals surface area contributed by atoms with E-state index in [1.54, 1.807) is 6.92 Å². The maximum absolute atomic E-state index is 12.5. The Hall–Kier alpha value is -3.31. The number of hydrogen-bond acceptors (Lipinski definition) is 6. The van der Waals surface area contributed by atoms with E-state index in [-0.39, 0.29) is 0 Å². The van der Waals surface area contributed by atoms with Gasteiger partial charge < -0.3 is 14.2 Å². The summed E-state index contributed by atoms with van der Waals surface area (Å²) in [5, 5.41) is 0. The molecule has 0 aromatic heterocycles. The summed E-state index contributed by atoms with van der Waals surface area (Å²) in [5.74, 6) is -6.92. The second-order valence-corrected chi connectivity index (χ2v) is 8.64. The summed E-state index contributed by atoms with van der Waals surface area (Å²) in [6.07, 6.45) is 13.0. The van der Waals surface area contributed by atoms with Crippen molar-refractivity contribution in [3.8, 4) is 0 Å². The molecule has 0 saturated heterocycles. The van der Waals surface area contributed by atoms with Gasteiger partial charge in [-0.2, -0.15) is 26.3 Å². The fraction of sp³-hybridized carbons (Fsp3) is 0.552. The van der Waals surface area contributed by atoms with Crippen molar-refractivity contribution in [2.75, 3.05) is 13.2 Å². The molecule has 232 valence electrons. The monoisotopic (exact) mass is 596 g/mol. The van der Waals surface area contributed by atoms with Gasteiger partial charge in [0.1, 0.15) is 13.2 Å². The Labute approximate surface area is 236 Å². The molecule has 0 aliphatic heterocycles. The van der Waals surface area contributed by atoms with E-state index in [1.165, 1.54) is 0 Å². The number of carbonyl (C=O) groups is 3. The van der Waals surface area contributed by atoms with Crippen molar-refractivity contribution in [3.05, 3.63) is 60.8 Å². The van der Waals surface area contributed by atoms with Crippen molar-refractivity contribution >= 4 is 17.9 Å². The summed E-state index contributed by atoms with van der Waals surface area (Å²) < 4.78 is 87.0. The van der Waals surface area contributed by atoms with Gasteiger partial charge >= 0.3 is 30.3 Å². The van der Waals surface area contributed by atoms with Crippen LogP contribution >= 0.6 is 0 Å². The second kappa shape index (κ2) is 21.4. The number of rotatable bonds is 19. The van der Waals surface area contributed by atoms with Crippen LogP contribution in [0.4, 0.5) is 26.3 Å². The molecule has 0 aliphatic carbocycles. The molecule has 0 radical (unpaired) electrons. The minimum atomic E-state index is -5.45. The molecule has 0 rings (SSSR count). The van der Waals surface area contributed by atoms with Crippen molar-refractivity contribution in [1.29, 1.82) is 0 Å². The molecule has 12 heteroatoms. The zero-order chi connectivity index (χ0) is 31.2. The molecule has 2 unspecified atom stereocenters. The van der Waals surface area contributed by atoms with E-state index in [2.05, 4.69) is 52.9 Å². The first kappa shape index (κ1) is 37.7. The van der Waals surface area contributed by atoms with Crippen LogP contribution in [0.15, 0.2) is 60.8 Å². The molecule has 0 aliphatic rings. The average molecular weight is 597 g/mol. The molecule has 0 fully saturated rings. The van der Waals surface area contributed by atoms with Crippen LogP contribution in [0.25, 0.3) is 0 Å². The molecule has 41 heavy (non-hydrogen) atoms. The van der Waals surface area contributed by atoms with Gasteiger partial charge in [0.2, 0.25) is 0 Å². The van der Waals surface area contributed by atoms with E-state index in [4.69, 9.17) is 4.74 Å². The van der Waals surface area contributed by atoms with Gasteiger partial charge in [0, 0.05) is 0 Å². The van der Waals surface area contributed by atoms with Crippen molar-refractivity contribution in [1.82, 2.24) is 0 Å². The van der Waals surface area contributed by atoms with Crippen LogP contribution in [0.1, 0.15) is 65.2 Å². The first-order chi connectivity index (χ1) is 19.3. The lowest BCUT2D eigenvalue weighted by atomic mass is 10.0. The summed E-state index contributed by atoms with van der Waals surface area (Å²) in [6, 6.07) is 0. The fourth-order valence-electron chi connectivity index (χ4n) is 3.03. The Morgan fingerprint density at radius 2 is 1.07 bits per heavy atom. The number of ether oxygens (including phenoxy) is 3. The Kier molecular flexibility index (Phi) is 19.7. The molecular weight excluding hydrogens is 558 g/mol. The minimum Gasteiger partial charge on any atom is -0.461 e. The van der Waals surface area contributed by atoms with E-state index < -0.39 is 55.5 Å². The van der Waals surface area contributed by atoms with E-state index in [0.29, 0.717) is 25.7 Å². The number of allylic oxidation sites excluding steroid dienone is 10. The van der Waals surface area contributed by atoms with Gasteiger partial charge in [0.05, 0.1) is 5.92 Å². The van der Waals surface area contributed by atoms with Crippen LogP contribution in [-0.2, 0) is 28.6 Å². The van der Waals surface area contributed by atoms with E-state index in [0.717, 1.165) is 25.7 Å². The summed E-state index contributed by atoms with van der Waals surface area (Å²) >= 11 is 0. The van der Waals surface area contributed by atoms with Crippen LogP contribution in [-0.4, -0.2) is 49.6 Å². The molecule has 0 spiro atoms. The quantitative estimate of drug-likeness (QED) is 0.0659. The zero-order valence-electron chi connectivity index (χ0n) is 23.2. The van der Waals surface area contributed by atoms with Crippen LogP contribution in [0.2, 0.25) is 0 Å². The lowest BCUT2D eigenvalue weighted by molar-refractivity contribution is -0.216. The highest BCUT2D eigenvalue weighted by molar-refractivity contribution is 5.76. The SMILES string of the molecule is CC/C=C\C/C=C\C/C=C\C/C=C\C/C=C\CCC(CC)C(=O)OCC(COC(=O)C(F)(F)F)OC(=O)C(F)(F)F. The third kappa shape index (κ3) is 20.3. The van der Waals surface area contributed by atoms with E-state index >= 15 is 0 Å². The highest BCUT2D eigenvalue weighted by Crippen LogP contribution is 2.20. The van der Waals surface area contributed by atoms with Crippen molar-refractivity contribution in [2.45, 2.75) is 83.7 Å². The molecule has 0 heterocycles. The molecule has 0 amide bonds. The van der Waals surface area contributed by atoms with Crippen LogP contribution < -0.4 is 0 Å². The normalized spacial score (nSPS) is 14.4. The third-order valence-electron chi connectivity index (χ3n) is 5.21. The standard InChI is InChI=1S/C29H38F6O6/c1-3-5-6-7-8-9-10-11-12-13-14-15-16-17-18-19-20-23(4-2)25(36)39-21-24(41-27(38)29(33,34)35)22-40-26(37)28(30,31)32/h5-6,8-9,11-12,14-15,17-18,23-24H,3-4,7,10,13,16,19-22H2,1-2H3/b6-5-,9-8-,12-11-,15-14-,18-17-. The van der Waals surface area contributed by atoms with Crippen molar-refractivity contribution in [2.24, 2.45) is 5.92 Å². The first-order valence-electron chi connectivity index (χ1n) is 13.3. The molecule has 0 N–H and O–H groups in total. The molecule has 6 nitrogen and oxygen atoms in total. The Morgan fingerprint density at radius 1 is 0.634 bits per heavy atom. The van der Waals surface area contributed by atoms with Gasteiger partial charge in [-0.15, -0.1) is 0 Å². The maximum atomic E-state index is 12.5. The Balaban J connectivity index is 4.53. The lowest BCUT2D eigenvalue weighted by Gasteiger charge is -2.20. The van der Waals surface area contributed by atoms with Crippen LogP contribution in [0.3, 0.4) is 0 Å². The summed E-state index contributed by atoms with van der Waals surface area (Å²) in [6.45, 7) is 1.36. The van der Waals surface area contributed by atoms with Gasteiger partial charge in [0.25, 0.3) is 0 Å². The summed E-state index contributed by atoms with van der Waals surface area (Å²) in [4.78, 5) is 34.2. The summed E-state index contributed by atoms with van der Waals surface area (Å²) in [7, 11) is 0. The molecule has 0 saturated carbocycles. The largest absolute Gasteiger partial charge is 0.490 e. The van der Waals surface area contributed by atoms with Gasteiger partial charge in [-0.25, -0.2) is 9.59 Å². The smallest absolute Gasteiger partial charge is 0.461 e. The lowest BCUT2D eigenvalue weighted by Crippen LogP contribution is -2.38.